The maximum absolute atomic E-state index is 12.7. The van der Waals surface area contributed by atoms with Gasteiger partial charge in [0.25, 0.3) is 5.91 Å². The summed E-state index contributed by atoms with van der Waals surface area (Å²) in [7, 11) is 0. The van der Waals surface area contributed by atoms with Crippen LogP contribution < -0.4 is 10.6 Å². The summed E-state index contributed by atoms with van der Waals surface area (Å²) in [6.07, 6.45) is 0.454. The second-order valence-electron chi connectivity index (χ2n) is 6.62. The molecule has 0 aliphatic heterocycles. The van der Waals surface area contributed by atoms with Gasteiger partial charge in [0.1, 0.15) is 6.04 Å². The Morgan fingerprint density at radius 1 is 0.840 bits per heavy atom. The Balaban J connectivity index is 2.13. The van der Waals surface area contributed by atoms with Crippen molar-refractivity contribution in [2.24, 2.45) is 5.92 Å². The maximum Gasteiger partial charge on any atom is 0.251 e. The van der Waals surface area contributed by atoms with Crippen molar-refractivity contribution < 1.29 is 9.59 Å². The van der Waals surface area contributed by atoms with Gasteiger partial charge in [0.2, 0.25) is 5.91 Å². The van der Waals surface area contributed by atoms with Crippen LogP contribution in [0.25, 0.3) is 0 Å². The van der Waals surface area contributed by atoms with Gasteiger partial charge in [0.15, 0.2) is 0 Å². The third-order valence-corrected chi connectivity index (χ3v) is 4.31. The number of benzene rings is 2. The number of hydrogen-bond acceptors (Lipinski definition) is 2. The average molecular weight is 338 g/mol. The molecule has 2 rings (SSSR count). The molecule has 0 aliphatic rings. The van der Waals surface area contributed by atoms with Crippen LogP contribution in [0.2, 0.25) is 0 Å². The zero-order chi connectivity index (χ0) is 18.2. The summed E-state index contributed by atoms with van der Waals surface area (Å²) in [5.74, 6) is -0.0747. The van der Waals surface area contributed by atoms with Crippen LogP contribution in [-0.2, 0) is 11.2 Å². The van der Waals surface area contributed by atoms with Gasteiger partial charge in [0.05, 0.1) is 0 Å². The SMILES string of the molecule is CC(C)C(C)NC(=O)C(Cc1ccccc1)NC(=O)c1ccccc1. The van der Waals surface area contributed by atoms with E-state index in [0.29, 0.717) is 17.9 Å². The minimum Gasteiger partial charge on any atom is -0.352 e. The molecule has 132 valence electrons. The smallest absolute Gasteiger partial charge is 0.251 e. The maximum atomic E-state index is 12.7. The molecule has 0 aliphatic carbocycles. The predicted octanol–water partition coefficient (Wildman–Crippen LogP) is 3.19. The standard InChI is InChI=1S/C21H26N2O2/c1-15(2)16(3)22-21(25)19(14-17-10-6-4-7-11-17)23-20(24)18-12-8-5-9-13-18/h4-13,15-16,19H,14H2,1-3H3,(H,22,25)(H,23,24). The lowest BCUT2D eigenvalue weighted by atomic mass is 10.0. The van der Waals surface area contributed by atoms with E-state index >= 15 is 0 Å². The monoisotopic (exact) mass is 338 g/mol. The van der Waals surface area contributed by atoms with E-state index in [4.69, 9.17) is 0 Å². The molecule has 2 aromatic carbocycles. The first kappa shape index (κ1) is 18.7. The largest absolute Gasteiger partial charge is 0.352 e. The van der Waals surface area contributed by atoms with Gasteiger partial charge < -0.3 is 10.6 Å². The highest BCUT2D eigenvalue weighted by atomic mass is 16.2. The number of rotatable bonds is 7. The van der Waals surface area contributed by atoms with Crippen molar-refractivity contribution in [1.82, 2.24) is 10.6 Å². The average Bonchev–Trinajstić information content (AvgIpc) is 2.62. The first-order valence-corrected chi connectivity index (χ1v) is 8.67. The molecule has 2 unspecified atom stereocenters. The zero-order valence-corrected chi connectivity index (χ0v) is 15.0. The first-order valence-electron chi connectivity index (χ1n) is 8.67. The lowest BCUT2D eigenvalue weighted by molar-refractivity contribution is -0.123. The minimum absolute atomic E-state index is 0.0411. The van der Waals surface area contributed by atoms with Crippen molar-refractivity contribution >= 4 is 11.8 Å². The molecule has 0 heterocycles. The molecule has 4 heteroatoms. The summed E-state index contributed by atoms with van der Waals surface area (Å²) in [6.45, 7) is 6.08. The number of carbonyl (C=O) groups excluding carboxylic acids is 2. The van der Waals surface area contributed by atoms with Crippen LogP contribution in [-0.4, -0.2) is 23.9 Å². The van der Waals surface area contributed by atoms with Gasteiger partial charge in [0, 0.05) is 18.0 Å². The lowest BCUT2D eigenvalue weighted by Crippen LogP contribution is -2.51. The second-order valence-corrected chi connectivity index (χ2v) is 6.62. The van der Waals surface area contributed by atoms with Gasteiger partial charge in [-0.15, -0.1) is 0 Å². The third kappa shape index (κ3) is 5.75. The minimum atomic E-state index is -0.615. The van der Waals surface area contributed by atoms with Gasteiger partial charge in [-0.1, -0.05) is 62.4 Å². The number of amides is 2. The van der Waals surface area contributed by atoms with E-state index < -0.39 is 6.04 Å². The molecule has 2 aromatic rings. The highest BCUT2D eigenvalue weighted by Gasteiger charge is 2.23. The van der Waals surface area contributed by atoms with Gasteiger partial charge in [-0.3, -0.25) is 9.59 Å². The van der Waals surface area contributed by atoms with Crippen molar-refractivity contribution in [2.75, 3.05) is 0 Å². The first-order chi connectivity index (χ1) is 12.0. The van der Waals surface area contributed by atoms with Crippen molar-refractivity contribution in [3.05, 3.63) is 71.8 Å². The van der Waals surface area contributed by atoms with Crippen LogP contribution >= 0.6 is 0 Å². The summed E-state index contributed by atoms with van der Waals surface area (Å²) in [6, 6.07) is 18.1. The highest BCUT2D eigenvalue weighted by Crippen LogP contribution is 2.07. The fraction of sp³-hybridized carbons (Fsp3) is 0.333. The lowest BCUT2D eigenvalue weighted by Gasteiger charge is -2.23. The van der Waals surface area contributed by atoms with Crippen molar-refractivity contribution in [3.8, 4) is 0 Å². The predicted molar refractivity (Wildman–Crippen MR) is 100 cm³/mol. The van der Waals surface area contributed by atoms with Crippen LogP contribution in [0, 0.1) is 5.92 Å². The molecule has 0 spiro atoms. The second kappa shape index (κ2) is 9.02. The van der Waals surface area contributed by atoms with Crippen molar-refractivity contribution in [1.29, 1.82) is 0 Å². The molecule has 4 nitrogen and oxygen atoms in total. The van der Waals surface area contributed by atoms with Crippen LogP contribution in [0.1, 0.15) is 36.7 Å². The molecule has 0 fully saturated rings. The van der Waals surface area contributed by atoms with E-state index in [1.807, 2.05) is 55.5 Å². The summed E-state index contributed by atoms with van der Waals surface area (Å²) >= 11 is 0. The van der Waals surface area contributed by atoms with Gasteiger partial charge >= 0.3 is 0 Å². The van der Waals surface area contributed by atoms with Crippen molar-refractivity contribution in [3.63, 3.8) is 0 Å². The van der Waals surface area contributed by atoms with E-state index in [9.17, 15) is 9.59 Å². The topological polar surface area (TPSA) is 58.2 Å². The molecule has 0 saturated heterocycles. The molecule has 0 saturated carbocycles. The zero-order valence-electron chi connectivity index (χ0n) is 15.0. The Bertz CT molecular complexity index is 684. The Labute approximate surface area is 149 Å². The Morgan fingerprint density at radius 2 is 1.40 bits per heavy atom. The van der Waals surface area contributed by atoms with E-state index in [-0.39, 0.29) is 17.9 Å². The van der Waals surface area contributed by atoms with Crippen molar-refractivity contribution in [2.45, 2.75) is 39.3 Å². The normalized spacial score (nSPS) is 13.1. The number of carbonyl (C=O) groups is 2. The molecule has 0 radical (unpaired) electrons. The molecule has 0 aromatic heterocycles. The number of hydrogen-bond donors (Lipinski definition) is 2. The fourth-order valence-corrected chi connectivity index (χ4v) is 2.38. The quantitative estimate of drug-likeness (QED) is 0.814. The molecule has 2 atom stereocenters. The van der Waals surface area contributed by atoms with Crippen LogP contribution in [0.15, 0.2) is 60.7 Å². The van der Waals surface area contributed by atoms with E-state index in [1.165, 1.54) is 0 Å². The molecule has 2 N–H and O–H groups in total. The molecule has 2 amide bonds. The number of nitrogens with one attached hydrogen (secondary N) is 2. The van der Waals surface area contributed by atoms with Gasteiger partial charge in [-0.05, 0) is 30.5 Å². The van der Waals surface area contributed by atoms with Gasteiger partial charge in [-0.25, -0.2) is 0 Å². The summed E-state index contributed by atoms with van der Waals surface area (Å²) in [4.78, 5) is 25.2. The van der Waals surface area contributed by atoms with Crippen LogP contribution in [0.3, 0.4) is 0 Å². The molecule has 25 heavy (non-hydrogen) atoms. The molecule has 0 bridgehead atoms. The van der Waals surface area contributed by atoms with Crippen LogP contribution in [0.5, 0.6) is 0 Å². The van der Waals surface area contributed by atoms with E-state index in [2.05, 4.69) is 24.5 Å². The van der Waals surface area contributed by atoms with Gasteiger partial charge in [-0.2, -0.15) is 0 Å². The molecular formula is C21H26N2O2. The van der Waals surface area contributed by atoms with E-state index in [1.54, 1.807) is 12.1 Å². The summed E-state index contributed by atoms with van der Waals surface area (Å²) in [5.41, 5.74) is 1.55. The highest BCUT2D eigenvalue weighted by molar-refractivity contribution is 5.97. The Morgan fingerprint density at radius 3 is 1.96 bits per heavy atom. The Kier molecular flexibility index (Phi) is 6.75. The summed E-state index contributed by atoms with van der Waals surface area (Å²) < 4.78 is 0. The third-order valence-electron chi connectivity index (χ3n) is 4.31. The molecular weight excluding hydrogens is 312 g/mol. The fourth-order valence-electron chi connectivity index (χ4n) is 2.38. The summed E-state index contributed by atoms with van der Waals surface area (Å²) in [5, 5.41) is 5.88. The Hall–Kier alpha value is -2.62. The van der Waals surface area contributed by atoms with E-state index in [0.717, 1.165) is 5.56 Å². The van der Waals surface area contributed by atoms with Crippen LogP contribution in [0.4, 0.5) is 0 Å².